The number of aryl methyl sites for hydroxylation is 3. The van der Waals surface area contributed by atoms with E-state index in [0.717, 1.165) is 27.8 Å². The Morgan fingerprint density at radius 3 is 1.60 bits per heavy atom. The minimum absolute atomic E-state index is 0.00352. The van der Waals surface area contributed by atoms with E-state index in [1.54, 1.807) is 12.1 Å². The number of benzene rings is 3. The molecule has 0 amide bonds. The van der Waals surface area contributed by atoms with Gasteiger partial charge in [0.2, 0.25) is 0 Å². The van der Waals surface area contributed by atoms with Crippen molar-refractivity contribution in [2.75, 3.05) is 0 Å². The summed E-state index contributed by atoms with van der Waals surface area (Å²) in [5.74, 6) is -0.00704. The van der Waals surface area contributed by atoms with E-state index in [-0.39, 0.29) is 11.5 Å². The maximum atomic E-state index is 11.3. The number of hydrogen-bond donors (Lipinski definition) is 0. The SMILES string of the molecule is Cc1ccc2cccc([O-])c2n1.Cc1ccc2cccc([O-])c2n1.Cc1cccc(N=[N][Al+2])c1C. The molecule has 0 aliphatic heterocycles. The van der Waals surface area contributed by atoms with Crippen LogP contribution in [0.5, 0.6) is 11.5 Å². The Labute approximate surface area is 213 Å². The molecule has 0 unspecified atom stereocenters. The van der Waals surface area contributed by atoms with Crippen LogP contribution in [0, 0.1) is 27.7 Å². The van der Waals surface area contributed by atoms with Crippen LogP contribution >= 0.6 is 0 Å². The van der Waals surface area contributed by atoms with Gasteiger partial charge in [0, 0.05) is 11.4 Å². The zero-order valence-corrected chi connectivity index (χ0v) is 21.3. The van der Waals surface area contributed by atoms with Crippen LogP contribution in [-0.4, -0.2) is 26.5 Å². The average Bonchev–Trinajstić information content (AvgIpc) is 2.84. The fraction of sp³-hybridized carbons (Fsp3) is 0.143. The Balaban J connectivity index is 0.000000147. The van der Waals surface area contributed by atoms with E-state index < -0.39 is 0 Å². The molecule has 5 aromatic rings. The van der Waals surface area contributed by atoms with Crippen molar-refractivity contribution in [2.24, 2.45) is 9.21 Å². The van der Waals surface area contributed by atoms with Crippen LogP contribution < -0.4 is 10.2 Å². The van der Waals surface area contributed by atoms with Crippen molar-refractivity contribution < 1.29 is 10.2 Å². The molecule has 5 rings (SSSR count). The minimum atomic E-state index is -0.00352. The van der Waals surface area contributed by atoms with E-state index in [1.807, 2.05) is 69.3 Å². The molecule has 172 valence electrons. The summed E-state index contributed by atoms with van der Waals surface area (Å²) in [5, 5.41) is 28.3. The van der Waals surface area contributed by atoms with Gasteiger partial charge in [0.15, 0.2) is 0 Å². The number of para-hydroxylation sites is 2. The summed E-state index contributed by atoms with van der Waals surface area (Å²) in [6.45, 7) is 7.87. The fourth-order valence-electron chi connectivity index (χ4n) is 3.34. The Kier molecular flexibility index (Phi) is 8.91. The molecule has 2 aromatic heterocycles. The van der Waals surface area contributed by atoms with E-state index in [4.69, 9.17) is 0 Å². The molecule has 7 heteroatoms. The third-order valence-electron chi connectivity index (χ3n) is 5.39. The Morgan fingerprint density at radius 2 is 1.11 bits per heavy atom. The molecule has 6 nitrogen and oxygen atoms in total. The first-order chi connectivity index (χ1) is 16.8. The molecule has 0 fully saturated rings. The van der Waals surface area contributed by atoms with Crippen molar-refractivity contribution in [1.29, 1.82) is 0 Å². The van der Waals surface area contributed by atoms with Crippen molar-refractivity contribution in [2.45, 2.75) is 27.7 Å². The van der Waals surface area contributed by atoms with Gasteiger partial charge in [0.05, 0.1) is 11.0 Å². The van der Waals surface area contributed by atoms with E-state index >= 15 is 0 Å². The molecule has 35 heavy (non-hydrogen) atoms. The first-order valence-corrected chi connectivity index (χ1v) is 11.6. The molecule has 0 atom stereocenters. The Morgan fingerprint density at radius 1 is 0.629 bits per heavy atom. The Bertz CT molecular complexity index is 1400. The fourth-order valence-corrected chi connectivity index (χ4v) is 3.47. The molecule has 0 aliphatic carbocycles. The number of hydrogen-bond acceptors (Lipinski definition) is 6. The second-order valence-electron chi connectivity index (χ2n) is 8.00. The summed E-state index contributed by atoms with van der Waals surface area (Å²) >= 11 is 2.22. The molecular weight excluding hydrogens is 451 g/mol. The third-order valence-corrected chi connectivity index (χ3v) is 5.50. The van der Waals surface area contributed by atoms with Gasteiger partial charge < -0.3 is 10.2 Å². The van der Waals surface area contributed by atoms with Crippen LogP contribution in [0.4, 0.5) is 5.69 Å². The molecule has 0 saturated carbocycles. The number of aromatic nitrogens is 2. The summed E-state index contributed by atoms with van der Waals surface area (Å²) < 4.78 is 3.65. The van der Waals surface area contributed by atoms with Gasteiger partial charge in [-0.15, -0.1) is 0 Å². The van der Waals surface area contributed by atoms with Crippen LogP contribution in [0.3, 0.4) is 0 Å². The molecule has 0 aliphatic rings. The van der Waals surface area contributed by atoms with Gasteiger partial charge in [-0.3, -0.25) is 9.97 Å². The monoisotopic (exact) mass is 476 g/mol. The molecule has 0 bridgehead atoms. The quantitative estimate of drug-likeness (QED) is 0.229. The van der Waals surface area contributed by atoms with Crippen LogP contribution in [0.1, 0.15) is 22.5 Å². The summed E-state index contributed by atoms with van der Waals surface area (Å²) in [4.78, 5) is 8.33. The normalized spacial score (nSPS) is 10.6. The second kappa shape index (κ2) is 12.1. The topological polar surface area (TPSA) is 96.6 Å². The number of rotatable bonds is 1. The van der Waals surface area contributed by atoms with Crippen molar-refractivity contribution in [3.8, 4) is 11.5 Å². The third kappa shape index (κ3) is 6.86. The van der Waals surface area contributed by atoms with Gasteiger partial charge in [-0.25, -0.2) is 0 Å². The van der Waals surface area contributed by atoms with E-state index in [0.29, 0.717) is 11.0 Å². The van der Waals surface area contributed by atoms with Crippen LogP contribution in [0.15, 0.2) is 88.1 Å². The molecule has 2 heterocycles. The van der Waals surface area contributed by atoms with Gasteiger partial charge in [-0.1, -0.05) is 60.0 Å². The molecule has 0 radical (unpaired) electrons. The van der Waals surface area contributed by atoms with E-state index in [9.17, 15) is 10.2 Å². The molecular formula is C28H25AlN4O2. The van der Waals surface area contributed by atoms with Crippen molar-refractivity contribution >= 4 is 44.0 Å². The van der Waals surface area contributed by atoms with Gasteiger partial charge in [-0.2, -0.15) is 0 Å². The standard InChI is InChI=1S/2C10H9NO.C8H9N2.Al/c2*1-7-5-6-8-3-2-4-9(12)10(8)11-7;1-6-4-3-5-8(10-9)7(6)2;/h2*2-6,12H,1H3;3-5H,1-2H3;/q;;-1;+3/p-2. The van der Waals surface area contributed by atoms with Gasteiger partial charge in [-0.05, 0) is 36.8 Å². The van der Waals surface area contributed by atoms with E-state index in [1.165, 1.54) is 23.3 Å². The maximum absolute atomic E-state index is 11.3. The van der Waals surface area contributed by atoms with Crippen molar-refractivity contribution in [3.63, 3.8) is 0 Å². The van der Waals surface area contributed by atoms with Gasteiger partial charge >= 0.3 is 74.6 Å². The van der Waals surface area contributed by atoms with Gasteiger partial charge in [0.25, 0.3) is 0 Å². The molecule has 3 aromatic carbocycles. The number of pyridine rings is 2. The van der Waals surface area contributed by atoms with Crippen LogP contribution in [-0.2, 0) is 0 Å². The van der Waals surface area contributed by atoms with E-state index in [2.05, 4.69) is 48.7 Å². The van der Waals surface area contributed by atoms with Crippen LogP contribution in [0.25, 0.3) is 21.8 Å². The first-order valence-electron chi connectivity index (χ1n) is 11.0. The molecule has 0 spiro atoms. The summed E-state index contributed by atoms with van der Waals surface area (Å²) in [6, 6.07) is 24.0. The Hall–Kier alpha value is -3.79. The first kappa shape index (κ1) is 25.8. The number of nitrogens with zero attached hydrogens (tertiary/aromatic N) is 4. The number of fused-ring (bicyclic) bond motifs is 2. The average molecular weight is 477 g/mol. The van der Waals surface area contributed by atoms with Crippen molar-refractivity contribution in [3.05, 3.63) is 101 Å². The zero-order chi connectivity index (χ0) is 25.4. The summed E-state index contributed by atoms with van der Waals surface area (Å²) in [5.41, 5.74) is 6.28. The summed E-state index contributed by atoms with van der Waals surface area (Å²) in [6.07, 6.45) is 0. The summed E-state index contributed by atoms with van der Waals surface area (Å²) in [7, 11) is 0. The predicted molar refractivity (Wildman–Crippen MR) is 138 cm³/mol. The van der Waals surface area contributed by atoms with Crippen LogP contribution in [0.2, 0.25) is 0 Å². The van der Waals surface area contributed by atoms with Crippen molar-refractivity contribution in [1.82, 2.24) is 9.97 Å². The van der Waals surface area contributed by atoms with Gasteiger partial charge in [0.1, 0.15) is 0 Å². The zero-order valence-electron chi connectivity index (χ0n) is 20.2. The second-order valence-corrected chi connectivity index (χ2v) is 8.23. The predicted octanol–water partition coefficient (Wildman–Crippen LogP) is 5.70. The molecule has 0 N–H and O–H groups in total. The molecule has 0 saturated heterocycles.